The van der Waals surface area contributed by atoms with Crippen LogP contribution in [0.15, 0.2) is 54.6 Å². The molecule has 13 heteroatoms. The average Bonchev–Trinajstić information content (AvgIpc) is 3.53. The topological polar surface area (TPSA) is 191 Å². The first kappa shape index (κ1) is 32.8. The molecular formula is C31H39N5O7S. The Morgan fingerprint density at radius 1 is 0.955 bits per heavy atom. The molecule has 2 fully saturated rings. The first-order valence-electron chi connectivity index (χ1n) is 14.6. The number of aliphatic carboxylic acids is 1. The van der Waals surface area contributed by atoms with Crippen molar-refractivity contribution in [3.63, 3.8) is 0 Å². The standard InChI is InChI=1S/C31H39N5O7S/c1-17(2)12-24(31(42)43)35-28(39)22(14-18-6-4-3-5-7-18)33-29(40)25-16-44-26-15-23(30(41)36(25)26)34-27(38)21(32)13-19-8-10-20(37)11-9-19/h3-11,17,21-26,37H,12-16,32H2,1-2H3,(H,33,40)(H,34,38)(H,35,39)(H,42,43)/t21-,22-,23-,24-,25-,26+/m0/s1. The first-order chi connectivity index (χ1) is 20.9. The van der Waals surface area contributed by atoms with E-state index in [0.29, 0.717) is 12.2 Å². The highest BCUT2D eigenvalue weighted by Crippen LogP contribution is 2.38. The third kappa shape index (κ3) is 8.29. The molecule has 4 amide bonds. The normalized spacial score (nSPS) is 21.3. The number of carboxylic acids is 1. The molecule has 2 aliphatic heterocycles. The van der Waals surface area contributed by atoms with E-state index < -0.39 is 59.8 Å². The van der Waals surface area contributed by atoms with Crippen LogP contribution < -0.4 is 21.7 Å². The van der Waals surface area contributed by atoms with E-state index in [9.17, 15) is 34.2 Å². The number of aromatic hydroxyl groups is 1. The Kier molecular flexibility index (Phi) is 10.9. The van der Waals surface area contributed by atoms with E-state index in [4.69, 9.17) is 5.73 Å². The van der Waals surface area contributed by atoms with Crippen molar-refractivity contribution in [2.24, 2.45) is 11.7 Å². The van der Waals surface area contributed by atoms with Crippen LogP contribution in [-0.4, -0.2) is 86.0 Å². The molecule has 2 heterocycles. The van der Waals surface area contributed by atoms with Crippen molar-refractivity contribution < 1.29 is 34.2 Å². The van der Waals surface area contributed by atoms with Gasteiger partial charge in [-0.25, -0.2) is 4.79 Å². The summed E-state index contributed by atoms with van der Waals surface area (Å²) in [5.74, 6) is -2.80. The van der Waals surface area contributed by atoms with Crippen molar-refractivity contribution in [1.82, 2.24) is 20.9 Å². The molecule has 236 valence electrons. The zero-order valence-corrected chi connectivity index (χ0v) is 25.5. The number of nitrogens with two attached hydrogens (primary N) is 1. The van der Waals surface area contributed by atoms with E-state index in [1.54, 1.807) is 36.4 Å². The smallest absolute Gasteiger partial charge is 0.326 e. The molecule has 0 bridgehead atoms. The number of phenols is 1. The Hall–Kier alpha value is -4.10. The lowest BCUT2D eigenvalue weighted by Gasteiger charge is -2.27. The van der Waals surface area contributed by atoms with Crippen molar-refractivity contribution in [3.8, 4) is 5.75 Å². The summed E-state index contributed by atoms with van der Waals surface area (Å²) in [6, 6.07) is 10.5. The van der Waals surface area contributed by atoms with Gasteiger partial charge in [-0.15, -0.1) is 11.8 Å². The van der Waals surface area contributed by atoms with Gasteiger partial charge in [-0.3, -0.25) is 19.2 Å². The van der Waals surface area contributed by atoms with Gasteiger partial charge >= 0.3 is 5.97 Å². The molecule has 2 saturated heterocycles. The van der Waals surface area contributed by atoms with Gasteiger partial charge in [-0.2, -0.15) is 0 Å². The lowest BCUT2D eigenvalue weighted by Crippen LogP contribution is -2.57. The van der Waals surface area contributed by atoms with Crippen LogP contribution in [0.4, 0.5) is 0 Å². The molecule has 12 nitrogen and oxygen atoms in total. The van der Waals surface area contributed by atoms with Gasteiger partial charge in [0, 0.05) is 18.6 Å². The second kappa shape index (κ2) is 14.6. The van der Waals surface area contributed by atoms with Crippen LogP contribution >= 0.6 is 11.8 Å². The molecule has 0 spiro atoms. The maximum absolute atomic E-state index is 13.6. The van der Waals surface area contributed by atoms with Gasteiger partial charge in [-0.1, -0.05) is 56.3 Å². The number of carbonyl (C=O) groups excluding carboxylic acids is 4. The third-order valence-electron chi connectivity index (χ3n) is 7.67. The Morgan fingerprint density at radius 3 is 2.25 bits per heavy atom. The molecule has 2 aromatic carbocycles. The molecule has 6 atom stereocenters. The third-order valence-corrected chi connectivity index (χ3v) is 8.98. The van der Waals surface area contributed by atoms with Crippen LogP contribution in [0.3, 0.4) is 0 Å². The van der Waals surface area contributed by atoms with E-state index in [-0.39, 0.29) is 36.3 Å². The number of amides is 4. The number of nitrogens with zero attached hydrogens (tertiary/aromatic N) is 1. The monoisotopic (exact) mass is 625 g/mol. The molecular weight excluding hydrogens is 586 g/mol. The summed E-state index contributed by atoms with van der Waals surface area (Å²) >= 11 is 1.42. The number of fused-ring (bicyclic) bond motifs is 1. The molecule has 0 aromatic heterocycles. The Bertz CT molecular complexity index is 1360. The fourth-order valence-corrected chi connectivity index (χ4v) is 6.85. The predicted octanol–water partition coefficient (Wildman–Crippen LogP) is 0.764. The minimum atomic E-state index is -1.16. The second-order valence-electron chi connectivity index (χ2n) is 11.6. The average molecular weight is 626 g/mol. The minimum Gasteiger partial charge on any atom is -0.508 e. The van der Waals surface area contributed by atoms with Gasteiger partial charge in [0.15, 0.2) is 0 Å². The van der Waals surface area contributed by atoms with Gasteiger partial charge in [0.25, 0.3) is 0 Å². The summed E-state index contributed by atoms with van der Waals surface area (Å²) in [5.41, 5.74) is 7.61. The number of rotatable bonds is 13. The number of benzene rings is 2. The molecule has 44 heavy (non-hydrogen) atoms. The molecule has 0 radical (unpaired) electrons. The number of phenolic OH excluding ortho intramolecular Hbond substituents is 1. The number of nitrogens with one attached hydrogen (secondary N) is 3. The van der Waals surface area contributed by atoms with Crippen molar-refractivity contribution in [2.75, 3.05) is 5.75 Å². The Labute approximate surface area is 260 Å². The summed E-state index contributed by atoms with van der Waals surface area (Å²) in [5, 5.41) is 26.8. The summed E-state index contributed by atoms with van der Waals surface area (Å²) in [4.78, 5) is 66.4. The summed E-state index contributed by atoms with van der Waals surface area (Å²) in [7, 11) is 0. The lowest BCUT2D eigenvalue weighted by atomic mass is 10.0. The summed E-state index contributed by atoms with van der Waals surface area (Å²) < 4.78 is 0. The molecule has 0 unspecified atom stereocenters. The number of carbonyl (C=O) groups is 5. The van der Waals surface area contributed by atoms with Crippen LogP contribution in [0.5, 0.6) is 5.75 Å². The van der Waals surface area contributed by atoms with Gasteiger partial charge < -0.3 is 36.8 Å². The molecule has 2 aliphatic rings. The van der Waals surface area contributed by atoms with E-state index in [1.807, 2.05) is 19.9 Å². The van der Waals surface area contributed by atoms with Crippen molar-refractivity contribution in [2.45, 2.75) is 75.1 Å². The quantitative estimate of drug-likeness (QED) is 0.187. The largest absolute Gasteiger partial charge is 0.508 e. The van der Waals surface area contributed by atoms with Gasteiger partial charge in [0.2, 0.25) is 23.6 Å². The van der Waals surface area contributed by atoms with Gasteiger partial charge in [0.05, 0.1) is 11.4 Å². The maximum atomic E-state index is 13.6. The van der Waals surface area contributed by atoms with E-state index in [2.05, 4.69) is 16.0 Å². The molecule has 0 aliphatic carbocycles. The minimum absolute atomic E-state index is 0.0167. The van der Waals surface area contributed by atoms with Crippen molar-refractivity contribution in [1.29, 1.82) is 0 Å². The zero-order chi connectivity index (χ0) is 32.0. The fraction of sp³-hybridized carbons (Fsp3) is 0.452. The molecule has 7 N–H and O–H groups in total. The lowest BCUT2D eigenvalue weighted by molar-refractivity contribution is -0.143. The van der Waals surface area contributed by atoms with Gasteiger partial charge in [-0.05, 0) is 42.0 Å². The second-order valence-corrected chi connectivity index (χ2v) is 12.8. The summed E-state index contributed by atoms with van der Waals surface area (Å²) in [6.07, 6.45) is 0.863. The SMILES string of the molecule is CC(C)C[C@H](NC(=O)[C@H](Cc1ccccc1)NC(=O)[C@@H]1CS[C@@H]2C[C@H](NC(=O)[C@@H](N)Cc3ccc(O)cc3)C(=O)N21)C(=O)O. The molecule has 2 aromatic rings. The zero-order valence-electron chi connectivity index (χ0n) is 24.6. The first-order valence-corrected chi connectivity index (χ1v) is 15.6. The predicted molar refractivity (Wildman–Crippen MR) is 164 cm³/mol. The highest BCUT2D eigenvalue weighted by molar-refractivity contribution is 8.00. The van der Waals surface area contributed by atoms with Crippen LogP contribution in [0, 0.1) is 5.92 Å². The highest BCUT2D eigenvalue weighted by atomic mass is 32.2. The van der Waals surface area contributed by atoms with E-state index in [0.717, 1.165) is 11.1 Å². The number of hydrogen-bond acceptors (Lipinski definition) is 8. The molecule has 0 saturated carbocycles. The number of thioether (sulfide) groups is 1. The van der Waals surface area contributed by atoms with Gasteiger partial charge in [0.1, 0.15) is 29.9 Å². The van der Waals surface area contributed by atoms with Crippen LogP contribution in [0.1, 0.15) is 37.8 Å². The van der Waals surface area contributed by atoms with Crippen molar-refractivity contribution in [3.05, 3.63) is 65.7 Å². The Morgan fingerprint density at radius 2 is 1.61 bits per heavy atom. The highest BCUT2D eigenvalue weighted by Gasteiger charge is 2.50. The molecule has 4 rings (SSSR count). The number of carboxylic acid groups (broad SMARTS) is 1. The fourth-order valence-electron chi connectivity index (χ4n) is 5.40. The Balaban J connectivity index is 1.41. The van der Waals surface area contributed by atoms with Crippen LogP contribution in [-0.2, 0) is 36.8 Å². The summed E-state index contributed by atoms with van der Waals surface area (Å²) in [6.45, 7) is 3.71. The van der Waals surface area contributed by atoms with E-state index >= 15 is 0 Å². The maximum Gasteiger partial charge on any atom is 0.326 e. The van der Waals surface area contributed by atoms with Crippen molar-refractivity contribution >= 4 is 41.4 Å². The number of hydrogen-bond donors (Lipinski definition) is 6. The van der Waals surface area contributed by atoms with Crippen LogP contribution in [0.2, 0.25) is 0 Å². The van der Waals surface area contributed by atoms with Crippen LogP contribution in [0.25, 0.3) is 0 Å². The van der Waals surface area contributed by atoms with E-state index in [1.165, 1.54) is 28.8 Å².